The van der Waals surface area contributed by atoms with Crippen molar-refractivity contribution in [2.75, 3.05) is 19.6 Å². The lowest BCUT2D eigenvalue weighted by molar-refractivity contribution is 0.312. The lowest BCUT2D eigenvalue weighted by Crippen LogP contribution is -2.23. The quantitative estimate of drug-likeness (QED) is 0.847. The van der Waals surface area contributed by atoms with Gasteiger partial charge in [0, 0.05) is 38.2 Å². The van der Waals surface area contributed by atoms with Crippen molar-refractivity contribution in [3.8, 4) is 0 Å². The summed E-state index contributed by atoms with van der Waals surface area (Å²) >= 11 is 0. The van der Waals surface area contributed by atoms with Gasteiger partial charge in [-0.2, -0.15) is 0 Å². The maximum Gasteiger partial charge on any atom is 0.216 e. The monoisotopic (exact) mass is 315 g/mol. The molecule has 1 unspecified atom stereocenters. The van der Waals surface area contributed by atoms with E-state index < -0.39 is 0 Å². The number of hydrogen-bond acceptors (Lipinski definition) is 5. The standard InChI is InChI=1S/C17H25N5O/c1-13-19-20-17(23-13)7-4-9-21-10-8-14(11-21)22-12-18-15-5-2-3-6-16(15)22/h12,14H,2-11H2,1H3. The van der Waals surface area contributed by atoms with Crippen LogP contribution in [0, 0.1) is 6.92 Å². The molecule has 0 N–H and O–H groups in total. The van der Waals surface area contributed by atoms with Gasteiger partial charge in [-0.25, -0.2) is 4.98 Å². The minimum absolute atomic E-state index is 0.606. The van der Waals surface area contributed by atoms with E-state index >= 15 is 0 Å². The molecule has 0 amide bonds. The maximum atomic E-state index is 5.44. The Morgan fingerprint density at radius 3 is 3.04 bits per heavy atom. The van der Waals surface area contributed by atoms with Gasteiger partial charge < -0.3 is 13.9 Å². The number of likely N-dealkylation sites (tertiary alicyclic amines) is 1. The molecular weight excluding hydrogens is 290 g/mol. The predicted molar refractivity (Wildman–Crippen MR) is 86.3 cm³/mol. The lowest BCUT2D eigenvalue weighted by atomic mass is 10.0. The summed E-state index contributed by atoms with van der Waals surface area (Å²) in [5.74, 6) is 1.42. The van der Waals surface area contributed by atoms with E-state index in [4.69, 9.17) is 4.42 Å². The molecule has 0 radical (unpaired) electrons. The zero-order chi connectivity index (χ0) is 15.6. The van der Waals surface area contributed by atoms with Crippen LogP contribution in [0.3, 0.4) is 0 Å². The molecule has 2 aromatic heterocycles. The van der Waals surface area contributed by atoms with Crippen molar-refractivity contribution in [1.29, 1.82) is 0 Å². The second kappa shape index (κ2) is 6.43. The molecule has 0 aromatic carbocycles. The summed E-state index contributed by atoms with van der Waals surface area (Å²) in [6.07, 6.45) is 10.3. The topological polar surface area (TPSA) is 60.0 Å². The molecule has 1 saturated heterocycles. The van der Waals surface area contributed by atoms with Crippen LogP contribution >= 0.6 is 0 Å². The smallest absolute Gasteiger partial charge is 0.216 e. The predicted octanol–water partition coefficient (Wildman–Crippen LogP) is 2.33. The van der Waals surface area contributed by atoms with E-state index in [1.54, 1.807) is 0 Å². The van der Waals surface area contributed by atoms with Crippen molar-refractivity contribution in [3.63, 3.8) is 0 Å². The highest BCUT2D eigenvalue weighted by molar-refractivity contribution is 5.17. The molecule has 1 fully saturated rings. The van der Waals surface area contributed by atoms with Crippen molar-refractivity contribution in [3.05, 3.63) is 29.5 Å². The number of rotatable bonds is 5. The minimum atomic E-state index is 0.606. The lowest BCUT2D eigenvalue weighted by Gasteiger charge is -2.20. The van der Waals surface area contributed by atoms with E-state index in [1.165, 1.54) is 50.0 Å². The number of hydrogen-bond donors (Lipinski definition) is 0. The van der Waals surface area contributed by atoms with Crippen LogP contribution in [0.15, 0.2) is 10.7 Å². The van der Waals surface area contributed by atoms with Crippen LogP contribution in [0.1, 0.15) is 54.9 Å². The molecule has 3 heterocycles. The van der Waals surface area contributed by atoms with Gasteiger partial charge in [0.05, 0.1) is 12.0 Å². The summed E-state index contributed by atoms with van der Waals surface area (Å²) in [4.78, 5) is 7.21. The van der Waals surface area contributed by atoms with Gasteiger partial charge in [0.25, 0.3) is 0 Å². The molecule has 1 atom stereocenters. The van der Waals surface area contributed by atoms with E-state index in [2.05, 4.69) is 31.0 Å². The Balaban J connectivity index is 1.30. The number of aromatic nitrogens is 4. The highest BCUT2D eigenvalue weighted by Gasteiger charge is 2.27. The van der Waals surface area contributed by atoms with E-state index in [9.17, 15) is 0 Å². The van der Waals surface area contributed by atoms with Crippen LogP contribution in [-0.4, -0.2) is 44.3 Å². The van der Waals surface area contributed by atoms with Crippen molar-refractivity contribution >= 4 is 0 Å². The summed E-state index contributed by atoms with van der Waals surface area (Å²) in [5, 5.41) is 7.95. The molecule has 1 aliphatic heterocycles. The van der Waals surface area contributed by atoms with Gasteiger partial charge in [0.1, 0.15) is 0 Å². The largest absolute Gasteiger partial charge is 0.426 e. The van der Waals surface area contributed by atoms with Gasteiger partial charge in [0.2, 0.25) is 11.8 Å². The zero-order valence-electron chi connectivity index (χ0n) is 13.9. The van der Waals surface area contributed by atoms with E-state index in [0.717, 1.165) is 31.8 Å². The Kier molecular flexibility index (Phi) is 4.16. The highest BCUT2D eigenvalue weighted by atomic mass is 16.4. The van der Waals surface area contributed by atoms with E-state index in [0.29, 0.717) is 11.9 Å². The van der Waals surface area contributed by atoms with Gasteiger partial charge >= 0.3 is 0 Å². The Bertz CT molecular complexity index is 662. The maximum absolute atomic E-state index is 5.44. The molecule has 0 bridgehead atoms. The Labute approximate surface area is 136 Å². The fourth-order valence-corrected chi connectivity index (χ4v) is 3.94. The summed E-state index contributed by atoms with van der Waals surface area (Å²) in [7, 11) is 0. The van der Waals surface area contributed by atoms with Gasteiger partial charge in [-0.3, -0.25) is 0 Å². The highest BCUT2D eigenvalue weighted by Crippen LogP contribution is 2.28. The second-order valence-electron chi connectivity index (χ2n) is 6.81. The Hall–Kier alpha value is -1.69. The van der Waals surface area contributed by atoms with Crippen LogP contribution < -0.4 is 0 Å². The van der Waals surface area contributed by atoms with E-state index in [1.807, 2.05) is 6.92 Å². The minimum Gasteiger partial charge on any atom is -0.426 e. The fourth-order valence-electron chi connectivity index (χ4n) is 3.94. The number of aryl methyl sites for hydroxylation is 3. The third kappa shape index (κ3) is 3.17. The molecule has 23 heavy (non-hydrogen) atoms. The molecule has 4 rings (SSSR count). The third-order valence-corrected chi connectivity index (χ3v) is 5.13. The van der Waals surface area contributed by atoms with Crippen molar-refractivity contribution in [2.24, 2.45) is 0 Å². The van der Waals surface area contributed by atoms with Crippen LogP contribution in [0.2, 0.25) is 0 Å². The molecule has 0 saturated carbocycles. The normalized spacial score (nSPS) is 21.7. The van der Waals surface area contributed by atoms with E-state index in [-0.39, 0.29) is 0 Å². The zero-order valence-corrected chi connectivity index (χ0v) is 13.9. The van der Waals surface area contributed by atoms with Crippen molar-refractivity contribution in [2.45, 2.75) is 57.9 Å². The number of imidazole rings is 1. The van der Waals surface area contributed by atoms with Crippen LogP contribution in [-0.2, 0) is 19.3 Å². The molecule has 1 aliphatic carbocycles. The SMILES string of the molecule is Cc1nnc(CCCN2CCC(n3cnc4c3CCCC4)C2)o1. The van der Waals surface area contributed by atoms with Crippen LogP contribution in [0.4, 0.5) is 0 Å². The van der Waals surface area contributed by atoms with Gasteiger partial charge in [0.15, 0.2) is 0 Å². The Morgan fingerprint density at radius 1 is 1.26 bits per heavy atom. The van der Waals surface area contributed by atoms with Crippen LogP contribution in [0.5, 0.6) is 0 Å². The van der Waals surface area contributed by atoms with Crippen molar-refractivity contribution < 1.29 is 4.42 Å². The molecule has 124 valence electrons. The number of nitrogens with zero attached hydrogens (tertiary/aromatic N) is 5. The first-order chi connectivity index (χ1) is 11.3. The summed E-state index contributed by atoms with van der Waals surface area (Å²) < 4.78 is 7.91. The molecule has 2 aliphatic rings. The molecule has 6 nitrogen and oxygen atoms in total. The average molecular weight is 315 g/mol. The summed E-state index contributed by atoms with van der Waals surface area (Å²) in [6.45, 7) is 5.27. The molecule has 2 aromatic rings. The number of fused-ring (bicyclic) bond motifs is 1. The molecule has 0 spiro atoms. The van der Waals surface area contributed by atoms with Gasteiger partial charge in [-0.15, -0.1) is 10.2 Å². The average Bonchev–Trinajstić information content (AvgIpc) is 3.27. The first-order valence-corrected chi connectivity index (χ1v) is 8.85. The second-order valence-corrected chi connectivity index (χ2v) is 6.81. The van der Waals surface area contributed by atoms with Crippen molar-refractivity contribution in [1.82, 2.24) is 24.6 Å². The summed E-state index contributed by atoms with van der Waals surface area (Å²) in [6, 6.07) is 0.606. The summed E-state index contributed by atoms with van der Waals surface area (Å²) in [5.41, 5.74) is 2.85. The van der Waals surface area contributed by atoms with Gasteiger partial charge in [-0.1, -0.05) is 0 Å². The third-order valence-electron chi connectivity index (χ3n) is 5.13. The molecule has 6 heteroatoms. The molecular formula is C17H25N5O. The first-order valence-electron chi connectivity index (χ1n) is 8.85. The van der Waals surface area contributed by atoms with Crippen LogP contribution in [0.25, 0.3) is 0 Å². The fraction of sp³-hybridized carbons (Fsp3) is 0.706. The van der Waals surface area contributed by atoms with Gasteiger partial charge in [-0.05, 0) is 45.1 Å². The first kappa shape index (κ1) is 14.9. The Morgan fingerprint density at radius 2 is 2.17 bits per heavy atom.